The van der Waals surface area contributed by atoms with Gasteiger partial charge >= 0.3 is 0 Å². The van der Waals surface area contributed by atoms with Gasteiger partial charge in [0.1, 0.15) is 10.1 Å². The number of benzene rings is 1. The highest BCUT2D eigenvalue weighted by Gasteiger charge is 1.98. The summed E-state index contributed by atoms with van der Waals surface area (Å²) in [6.45, 7) is 0. The quantitative estimate of drug-likeness (QED) is 0.444. The zero-order valence-electron chi connectivity index (χ0n) is 9.97. The van der Waals surface area contributed by atoms with E-state index in [1.807, 2.05) is 0 Å². The fourth-order valence-corrected chi connectivity index (χ4v) is 1.10. The number of quaternary nitrogens is 1. The molecule has 0 heterocycles. The van der Waals surface area contributed by atoms with Gasteiger partial charge < -0.3 is 14.8 Å². The minimum atomic E-state index is -4.33. The zero-order chi connectivity index (χ0) is 13.0. The maximum absolute atomic E-state index is 10.3. The topological polar surface area (TPSA) is 83.2 Å². The summed E-state index contributed by atoms with van der Waals surface area (Å²) in [6.07, 6.45) is 0. The molecule has 0 aliphatic carbocycles. The summed E-state index contributed by atoms with van der Waals surface area (Å²) in [5.41, 5.74) is 5.70. The molecule has 0 saturated carbocycles. The van der Waals surface area contributed by atoms with E-state index >= 15 is 0 Å². The van der Waals surface area contributed by atoms with Crippen LogP contribution in [-0.2, 0) is 10.1 Å². The van der Waals surface area contributed by atoms with E-state index in [-0.39, 0.29) is 4.90 Å². The van der Waals surface area contributed by atoms with E-state index in [9.17, 15) is 13.0 Å². The van der Waals surface area contributed by atoms with Crippen LogP contribution in [0.25, 0.3) is 0 Å². The van der Waals surface area contributed by atoms with Gasteiger partial charge in [0.25, 0.3) is 0 Å². The Hall–Kier alpha value is -1.11. The lowest BCUT2D eigenvalue weighted by Gasteiger charge is -2.14. The van der Waals surface area contributed by atoms with Crippen molar-refractivity contribution in [2.45, 2.75) is 4.90 Å². The zero-order valence-corrected chi connectivity index (χ0v) is 10.8. The molecule has 0 fully saturated rings. The van der Waals surface area contributed by atoms with Crippen LogP contribution < -0.4 is 5.73 Å². The number of nitrogens with two attached hydrogens (primary N) is 1. The van der Waals surface area contributed by atoms with E-state index in [0.29, 0.717) is 5.69 Å². The average molecular weight is 246 g/mol. The Kier molecular flexibility index (Phi) is 4.92. The first-order valence-electron chi connectivity index (χ1n) is 4.60. The maximum atomic E-state index is 10.3. The van der Waals surface area contributed by atoms with Crippen molar-refractivity contribution in [3.05, 3.63) is 24.3 Å². The lowest BCUT2D eigenvalue weighted by Crippen LogP contribution is -2.27. The molecule has 5 nitrogen and oxygen atoms in total. The highest BCUT2D eigenvalue weighted by atomic mass is 32.2. The first-order valence-corrected chi connectivity index (χ1v) is 6.01. The van der Waals surface area contributed by atoms with Gasteiger partial charge in [-0.15, -0.1) is 0 Å². The van der Waals surface area contributed by atoms with E-state index in [1.54, 1.807) is 0 Å². The molecule has 0 saturated heterocycles. The Morgan fingerprint density at radius 3 is 1.62 bits per heavy atom. The smallest absolute Gasteiger partial charge is 0.124 e. The number of hydrogen-bond donors (Lipinski definition) is 1. The summed E-state index contributed by atoms with van der Waals surface area (Å²) < 4.78 is 32.0. The summed E-state index contributed by atoms with van der Waals surface area (Å²) >= 11 is 0. The molecule has 6 heteroatoms. The lowest BCUT2D eigenvalue weighted by atomic mass is 10.3. The van der Waals surface area contributed by atoms with Crippen molar-refractivity contribution in [1.82, 2.24) is 0 Å². The normalized spacial score (nSPS) is 11.6. The van der Waals surface area contributed by atoms with Crippen LogP contribution in [0.15, 0.2) is 29.2 Å². The van der Waals surface area contributed by atoms with E-state index in [0.717, 1.165) is 4.48 Å². The second-order valence-corrected chi connectivity index (χ2v) is 6.09. The second-order valence-electron chi connectivity index (χ2n) is 4.71. The molecule has 92 valence electrons. The number of nitrogen functional groups attached to an aromatic ring is 1. The van der Waals surface area contributed by atoms with Crippen molar-refractivity contribution in [3.63, 3.8) is 0 Å². The van der Waals surface area contributed by atoms with Crippen LogP contribution >= 0.6 is 0 Å². The summed E-state index contributed by atoms with van der Waals surface area (Å²) in [5, 5.41) is 0. The van der Waals surface area contributed by atoms with E-state index < -0.39 is 10.1 Å². The molecule has 0 aromatic heterocycles. The molecule has 1 rings (SSSR count). The van der Waals surface area contributed by atoms with Gasteiger partial charge in [-0.05, 0) is 24.3 Å². The fourth-order valence-electron chi connectivity index (χ4n) is 0.634. The predicted octanol–water partition coefficient (Wildman–Crippen LogP) is 0.495. The first kappa shape index (κ1) is 14.9. The Labute approximate surface area is 96.8 Å². The SMILES string of the molecule is C[N+](C)(C)C.Nc1ccc(S(=O)(=O)[O-])cc1. The Morgan fingerprint density at radius 2 is 1.38 bits per heavy atom. The van der Waals surface area contributed by atoms with Crippen molar-refractivity contribution in [2.75, 3.05) is 33.9 Å². The average Bonchev–Trinajstić information content (AvgIpc) is 1.99. The van der Waals surface area contributed by atoms with Crippen molar-refractivity contribution < 1.29 is 17.5 Å². The van der Waals surface area contributed by atoms with Crippen LogP contribution in [0.1, 0.15) is 0 Å². The van der Waals surface area contributed by atoms with Gasteiger partial charge in [0.2, 0.25) is 0 Å². The van der Waals surface area contributed by atoms with Gasteiger partial charge in [-0.3, -0.25) is 0 Å². The molecule has 16 heavy (non-hydrogen) atoms. The molecule has 2 N–H and O–H groups in total. The third-order valence-corrected chi connectivity index (χ3v) is 2.02. The van der Waals surface area contributed by atoms with Crippen LogP contribution in [0.2, 0.25) is 0 Å². The van der Waals surface area contributed by atoms with Gasteiger partial charge in [-0.25, -0.2) is 8.42 Å². The van der Waals surface area contributed by atoms with Gasteiger partial charge in [0.05, 0.1) is 33.1 Å². The first-order chi connectivity index (χ1) is 7.00. The fraction of sp³-hybridized carbons (Fsp3) is 0.400. The molecule has 0 unspecified atom stereocenters. The van der Waals surface area contributed by atoms with Gasteiger partial charge in [-0.2, -0.15) is 0 Å². The van der Waals surface area contributed by atoms with E-state index in [2.05, 4.69) is 28.2 Å². The molecule has 0 bridgehead atoms. The monoisotopic (exact) mass is 246 g/mol. The van der Waals surface area contributed by atoms with Crippen molar-refractivity contribution >= 4 is 15.8 Å². The summed E-state index contributed by atoms with van der Waals surface area (Å²) in [6, 6.07) is 5.09. The molecular formula is C10H18N2O3S. The minimum absolute atomic E-state index is 0.258. The van der Waals surface area contributed by atoms with Gasteiger partial charge in [0, 0.05) is 5.69 Å². The van der Waals surface area contributed by atoms with Crippen LogP contribution in [0.3, 0.4) is 0 Å². The molecule has 0 radical (unpaired) electrons. The van der Waals surface area contributed by atoms with Crippen molar-refractivity contribution in [2.24, 2.45) is 0 Å². The predicted molar refractivity (Wildman–Crippen MR) is 62.8 cm³/mol. The summed E-state index contributed by atoms with van der Waals surface area (Å²) in [5.74, 6) is 0. The standard InChI is InChI=1S/C6H7NO3S.C4H12N/c7-5-1-3-6(4-2-5)11(8,9)10;1-5(2,3)4/h1-4H,7H2,(H,8,9,10);1-4H3/q;+1/p-1. The van der Waals surface area contributed by atoms with Gasteiger partial charge in [0.15, 0.2) is 0 Å². The Morgan fingerprint density at radius 1 is 1.06 bits per heavy atom. The third-order valence-electron chi connectivity index (χ3n) is 1.17. The highest BCUT2D eigenvalue weighted by molar-refractivity contribution is 7.85. The van der Waals surface area contributed by atoms with Crippen LogP contribution in [0.5, 0.6) is 0 Å². The number of anilines is 1. The van der Waals surface area contributed by atoms with Crippen LogP contribution in [-0.4, -0.2) is 45.6 Å². The summed E-state index contributed by atoms with van der Waals surface area (Å²) in [4.78, 5) is -0.258. The van der Waals surface area contributed by atoms with E-state index in [1.165, 1.54) is 24.3 Å². The minimum Gasteiger partial charge on any atom is -0.744 e. The molecule has 0 amide bonds. The summed E-state index contributed by atoms with van der Waals surface area (Å²) in [7, 11) is 4.17. The molecule has 0 spiro atoms. The highest BCUT2D eigenvalue weighted by Crippen LogP contribution is 2.10. The molecule has 1 aromatic carbocycles. The molecular weight excluding hydrogens is 228 g/mol. The second kappa shape index (κ2) is 5.29. The van der Waals surface area contributed by atoms with Gasteiger partial charge in [-0.1, -0.05) is 0 Å². The Bertz CT molecular complexity index is 412. The molecule has 0 aliphatic rings. The number of nitrogens with zero attached hydrogens (tertiary/aromatic N) is 1. The Balaban J connectivity index is 0.000000385. The lowest BCUT2D eigenvalue weighted by molar-refractivity contribution is -0.849. The van der Waals surface area contributed by atoms with Crippen LogP contribution in [0.4, 0.5) is 5.69 Å². The largest absolute Gasteiger partial charge is 0.744 e. The van der Waals surface area contributed by atoms with Crippen molar-refractivity contribution in [3.8, 4) is 0 Å². The maximum Gasteiger partial charge on any atom is 0.124 e. The molecule has 0 aliphatic heterocycles. The number of hydrogen-bond acceptors (Lipinski definition) is 4. The molecule has 1 aromatic rings. The van der Waals surface area contributed by atoms with Crippen LogP contribution in [0, 0.1) is 0 Å². The van der Waals surface area contributed by atoms with E-state index in [4.69, 9.17) is 5.73 Å². The molecule has 0 atom stereocenters. The van der Waals surface area contributed by atoms with Crippen molar-refractivity contribution in [1.29, 1.82) is 0 Å². The number of rotatable bonds is 1. The third kappa shape index (κ3) is 8.22.